The summed E-state index contributed by atoms with van der Waals surface area (Å²) in [5.74, 6) is -0.413. The molecule has 0 aliphatic carbocycles. The summed E-state index contributed by atoms with van der Waals surface area (Å²) < 4.78 is 20.3. The lowest BCUT2D eigenvalue weighted by Crippen LogP contribution is -2.45. The largest absolute Gasteiger partial charge is 0.508 e. The number of morpholine rings is 1. The smallest absolute Gasteiger partial charge is 0.224 e. The van der Waals surface area contributed by atoms with Crippen molar-refractivity contribution in [2.75, 3.05) is 23.3 Å². The van der Waals surface area contributed by atoms with Crippen LogP contribution in [0.1, 0.15) is 25.8 Å². The molecule has 144 valence electrons. The average molecular weight is 372 g/mol. The van der Waals surface area contributed by atoms with Gasteiger partial charge in [0.05, 0.1) is 17.9 Å². The molecule has 6 heteroatoms. The number of para-hydroxylation sites is 1. The van der Waals surface area contributed by atoms with Crippen molar-refractivity contribution in [3.8, 4) is 5.75 Å². The fraction of sp³-hybridized carbons (Fsp3) is 0.381. The zero-order valence-electron chi connectivity index (χ0n) is 15.6. The first-order valence-corrected chi connectivity index (χ1v) is 9.19. The summed E-state index contributed by atoms with van der Waals surface area (Å²) in [5, 5.41) is 12.5. The number of aromatic hydroxyl groups is 1. The highest BCUT2D eigenvalue weighted by molar-refractivity contribution is 5.91. The predicted octanol–water partition coefficient (Wildman–Crippen LogP) is 3.72. The van der Waals surface area contributed by atoms with Crippen LogP contribution >= 0.6 is 0 Å². The van der Waals surface area contributed by atoms with Gasteiger partial charge in [-0.05, 0) is 50.1 Å². The molecule has 5 nitrogen and oxygen atoms in total. The Morgan fingerprint density at radius 3 is 2.59 bits per heavy atom. The number of hydrogen-bond acceptors (Lipinski definition) is 4. The van der Waals surface area contributed by atoms with E-state index in [-0.39, 0.29) is 36.1 Å². The zero-order chi connectivity index (χ0) is 19.4. The van der Waals surface area contributed by atoms with Crippen molar-refractivity contribution in [1.82, 2.24) is 0 Å². The Bertz CT molecular complexity index is 802. The first-order valence-electron chi connectivity index (χ1n) is 9.19. The van der Waals surface area contributed by atoms with Crippen molar-refractivity contribution in [2.45, 2.75) is 38.9 Å². The second kappa shape index (κ2) is 8.39. The van der Waals surface area contributed by atoms with E-state index >= 15 is 0 Å². The molecule has 27 heavy (non-hydrogen) atoms. The molecule has 3 rings (SSSR count). The summed E-state index contributed by atoms with van der Waals surface area (Å²) in [5.41, 5.74) is 1.65. The van der Waals surface area contributed by atoms with Crippen molar-refractivity contribution < 1.29 is 19.0 Å². The van der Waals surface area contributed by atoms with Gasteiger partial charge in [0, 0.05) is 25.2 Å². The van der Waals surface area contributed by atoms with Crippen molar-refractivity contribution in [3.05, 3.63) is 53.8 Å². The molecule has 0 spiro atoms. The van der Waals surface area contributed by atoms with Gasteiger partial charge < -0.3 is 20.1 Å². The lowest BCUT2D eigenvalue weighted by molar-refractivity contribution is -0.116. The van der Waals surface area contributed by atoms with E-state index in [1.165, 1.54) is 6.07 Å². The number of aryl methyl sites for hydroxylation is 1. The van der Waals surface area contributed by atoms with E-state index in [4.69, 9.17) is 4.74 Å². The minimum Gasteiger partial charge on any atom is -0.508 e. The second-order valence-corrected chi connectivity index (χ2v) is 7.01. The van der Waals surface area contributed by atoms with E-state index in [0.717, 1.165) is 0 Å². The van der Waals surface area contributed by atoms with Crippen LogP contribution in [0.2, 0.25) is 0 Å². The highest BCUT2D eigenvalue weighted by Crippen LogP contribution is 2.26. The zero-order valence-corrected chi connectivity index (χ0v) is 15.6. The van der Waals surface area contributed by atoms with E-state index < -0.39 is 0 Å². The molecule has 2 N–H and O–H groups in total. The maximum absolute atomic E-state index is 14.6. The third kappa shape index (κ3) is 4.98. The van der Waals surface area contributed by atoms with Gasteiger partial charge in [-0.2, -0.15) is 0 Å². The topological polar surface area (TPSA) is 61.8 Å². The number of rotatable bonds is 5. The maximum Gasteiger partial charge on any atom is 0.224 e. The number of phenolic OH excluding ortho intramolecular Hbond substituents is 1. The van der Waals surface area contributed by atoms with Gasteiger partial charge in [-0.3, -0.25) is 4.79 Å². The summed E-state index contributed by atoms with van der Waals surface area (Å²) in [4.78, 5) is 14.1. The average Bonchev–Trinajstić information content (AvgIpc) is 2.60. The number of nitrogens with zero attached hydrogens (tertiary/aromatic N) is 1. The quantitative estimate of drug-likeness (QED) is 0.840. The van der Waals surface area contributed by atoms with Gasteiger partial charge in [0.25, 0.3) is 0 Å². The van der Waals surface area contributed by atoms with Gasteiger partial charge in [0.15, 0.2) is 0 Å². The Balaban J connectivity index is 1.60. The van der Waals surface area contributed by atoms with Crippen LogP contribution in [0.25, 0.3) is 0 Å². The Morgan fingerprint density at radius 1 is 1.22 bits per heavy atom. The molecule has 2 aromatic rings. The van der Waals surface area contributed by atoms with E-state index in [0.29, 0.717) is 36.4 Å². The monoisotopic (exact) mass is 372 g/mol. The fourth-order valence-corrected chi connectivity index (χ4v) is 3.41. The van der Waals surface area contributed by atoms with Crippen LogP contribution in [0.15, 0.2) is 42.5 Å². The number of carbonyl (C=O) groups excluding carboxylic acids is 1. The molecule has 2 aromatic carbocycles. The summed E-state index contributed by atoms with van der Waals surface area (Å²) in [6.45, 7) is 5.21. The number of benzene rings is 2. The van der Waals surface area contributed by atoms with E-state index in [2.05, 4.69) is 5.32 Å². The Labute approximate surface area is 158 Å². The number of hydrogen-bond donors (Lipinski definition) is 2. The van der Waals surface area contributed by atoms with Gasteiger partial charge in [-0.25, -0.2) is 4.39 Å². The van der Waals surface area contributed by atoms with Crippen LogP contribution in [0, 0.1) is 5.82 Å². The number of carbonyl (C=O) groups is 1. The van der Waals surface area contributed by atoms with Gasteiger partial charge in [-0.1, -0.05) is 18.2 Å². The summed E-state index contributed by atoms with van der Waals surface area (Å²) in [6.07, 6.45) is 0.714. The lowest BCUT2D eigenvalue weighted by Gasteiger charge is -2.37. The highest BCUT2D eigenvalue weighted by Gasteiger charge is 2.24. The van der Waals surface area contributed by atoms with Gasteiger partial charge >= 0.3 is 0 Å². The van der Waals surface area contributed by atoms with Crippen molar-refractivity contribution >= 4 is 17.3 Å². The van der Waals surface area contributed by atoms with Crippen LogP contribution in [-0.4, -0.2) is 36.3 Å². The number of amides is 1. The predicted molar refractivity (Wildman–Crippen MR) is 104 cm³/mol. The lowest BCUT2D eigenvalue weighted by atomic mass is 10.1. The minimum absolute atomic E-state index is 0.0435. The van der Waals surface area contributed by atoms with Crippen LogP contribution in [-0.2, 0) is 16.0 Å². The Morgan fingerprint density at radius 2 is 1.93 bits per heavy atom. The molecule has 0 saturated carbocycles. The molecule has 0 bridgehead atoms. The maximum atomic E-state index is 14.6. The van der Waals surface area contributed by atoms with Crippen LogP contribution in [0.5, 0.6) is 5.75 Å². The van der Waals surface area contributed by atoms with Gasteiger partial charge in [0.2, 0.25) is 5.91 Å². The van der Waals surface area contributed by atoms with Crippen LogP contribution in [0.3, 0.4) is 0 Å². The van der Waals surface area contributed by atoms with Crippen molar-refractivity contribution in [2.24, 2.45) is 0 Å². The molecule has 0 aromatic heterocycles. The second-order valence-electron chi connectivity index (χ2n) is 7.01. The Kier molecular flexibility index (Phi) is 5.96. The molecule has 0 radical (unpaired) electrons. The Hall–Kier alpha value is -2.60. The third-order valence-corrected chi connectivity index (χ3v) is 4.60. The molecular weight excluding hydrogens is 347 g/mol. The van der Waals surface area contributed by atoms with Crippen LogP contribution in [0.4, 0.5) is 15.8 Å². The number of nitrogens with one attached hydrogen (secondary N) is 1. The fourth-order valence-electron chi connectivity index (χ4n) is 3.41. The molecule has 2 atom stereocenters. The molecular formula is C21H25FN2O3. The third-order valence-electron chi connectivity index (χ3n) is 4.60. The molecule has 2 unspecified atom stereocenters. The number of phenols is 1. The minimum atomic E-state index is -0.366. The number of halogens is 1. The normalized spacial score (nSPS) is 19.7. The highest BCUT2D eigenvalue weighted by atomic mass is 19.1. The SMILES string of the molecule is CC1CN(c2ccc(NC(=O)CCc3ccccc3O)cc2F)CC(C)O1. The van der Waals surface area contributed by atoms with E-state index in [1.807, 2.05) is 24.8 Å². The molecule has 1 aliphatic rings. The summed E-state index contributed by atoms with van der Waals surface area (Å²) >= 11 is 0. The van der Waals surface area contributed by atoms with Crippen LogP contribution < -0.4 is 10.2 Å². The summed E-state index contributed by atoms with van der Waals surface area (Å²) in [6, 6.07) is 11.7. The first kappa shape index (κ1) is 19.2. The van der Waals surface area contributed by atoms with Gasteiger partial charge in [-0.15, -0.1) is 0 Å². The first-order chi connectivity index (χ1) is 12.9. The standard InChI is InChI=1S/C21H25FN2O3/c1-14-12-24(13-15(2)27-14)19-9-8-17(11-18(19)22)23-21(26)10-7-16-5-3-4-6-20(16)25/h3-6,8-9,11,14-15,25H,7,10,12-13H2,1-2H3,(H,23,26). The van der Waals surface area contributed by atoms with Crippen molar-refractivity contribution in [3.63, 3.8) is 0 Å². The van der Waals surface area contributed by atoms with Crippen molar-refractivity contribution in [1.29, 1.82) is 0 Å². The van der Waals surface area contributed by atoms with Gasteiger partial charge in [0.1, 0.15) is 11.6 Å². The number of ether oxygens (including phenoxy) is 1. The molecule has 1 heterocycles. The van der Waals surface area contributed by atoms with E-state index in [9.17, 15) is 14.3 Å². The molecule has 1 aliphatic heterocycles. The molecule has 1 saturated heterocycles. The van der Waals surface area contributed by atoms with E-state index in [1.54, 1.807) is 30.3 Å². The molecule has 1 amide bonds. The number of anilines is 2. The summed E-state index contributed by atoms with van der Waals surface area (Å²) in [7, 11) is 0. The molecule has 1 fully saturated rings.